The molecular formula is C21H24FN3O4. The summed E-state index contributed by atoms with van der Waals surface area (Å²) >= 11 is 0. The van der Waals surface area contributed by atoms with Gasteiger partial charge in [0.15, 0.2) is 0 Å². The summed E-state index contributed by atoms with van der Waals surface area (Å²) in [5.41, 5.74) is -0.498. The van der Waals surface area contributed by atoms with Gasteiger partial charge in [0.2, 0.25) is 5.91 Å². The van der Waals surface area contributed by atoms with E-state index >= 15 is 0 Å². The van der Waals surface area contributed by atoms with Gasteiger partial charge in [0.25, 0.3) is 5.56 Å². The third-order valence-electron chi connectivity index (χ3n) is 4.52. The summed E-state index contributed by atoms with van der Waals surface area (Å²) in [4.78, 5) is 38.0. The van der Waals surface area contributed by atoms with Gasteiger partial charge in [-0.05, 0) is 45.4 Å². The lowest BCUT2D eigenvalue weighted by molar-refractivity contribution is -0.119. The van der Waals surface area contributed by atoms with Gasteiger partial charge in [-0.1, -0.05) is 6.07 Å². The van der Waals surface area contributed by atoms with Crippen LogP contribution < -0.4 is 10.9 Å². The second-order valence-corrected chi connectivity index (χ2v) is 7.97. The normalized spacial score (nSPS) is 16.6. The molecular weight excluding hydrogens is 377 g/mol. The van der Waals surface area contributed by atoms with E-state index < -0.39 is 23.4 Å². The van der Waals surface area contributed by atoms with Gasteiger partial charge in [0.05, 0.1) is 17.3 Å². The van der Waals surface area contributed by atoms with Crippen molar-refractivity contribution in [2.45, 2.75) is 32.8 Å². The van der Waals surface area contributed by atoms with Crippen LogP contribution in [0.25, 0.3) is 5.69 Å². The number of aromatic nitrogens is 1. The number of nitrogens with zero attached hydrogens (tertiary/aromatic N) is 2. The molecule has 1 unspecified atom stereocenters. The van der Waals surface area contributed by atoms with Crippen molar-refractivity contribution < 1.29 is 18.7 Å². The number of rotatable bonds is 3. The summed E-state index contributed by atoms with van der Waals surface area (Å²) < 4.78 is 21.1. The van der Waals surface area contributed by atoms with Crippen LogP contribution in [-0.2, 0) is 9.53 Å². The van der Waals surface area contributed by atoms with Crippen LogP contribution in [0.2, 0.25) is 0 Å². The summed E-state index contributed by atoms with van der Waals surface area (Å²) in [5.74, 6) is -1.45. The predicted molar refractivity (Wildman–Crippen MR) is 107 cm³/mol. The molecule has 8 heteroatoms. The minimum Gasteiger partial charge on any atom is -0.444 e. The van der Waals surface area contributed by atoms with Crippen molar-refractivity contribution in [3.63, 3.8) is 0 Å². The second-order valence-electron chi connectivity index (χ2n) is 7.97. The molecule has 1 atom stereocenters. The van der Waals surface area contributed by atoms with Crippen LogP contribution >= 0.6 is 0 Å². The smallest absolute Gasteiger partial charge is 0.410 e. The molecule has 2 aromatic rings. The Kier molecular flexibility index (Phi) is 5.72. The molecule has 1 aromatic heterocycles. The molecule has 2 heterocycles. The molecule has 1 aromatic carbocycles. The third-order valence-corrected chi connectivity index (χ3v) is 4.52. The van der Waals surface area contributed by atoms with Gasteiger partial charge < -0.3 is 15.0 Å². The van der Waals surface area contributed by atoms with E-state index in [0.717, 1.165) is 0 Å². The third kappa shape index (κ3) is 5.01. The van der Waals surface area contributed by atoms with Crippen LogP contribution in [0.1, 0.15) is 27.2 Å². The van der Waals surface area contributed by atoms with Crippen molar-refractivity contribution >= 4 is 17.7 Å². The maximum atomic E-state index is 14.5. The van der Waals surface area contributed by atoms with Crippen molar-refractivity contribution in [3.05, 3.63) is 58.8 Å². The molecule has 0 spiro atoms. The summed E-state index contributed by atoms with van der Waals surface area (Å²) in [6, 6.07) is 8.82. The largest absolute Gasteiger partial charge is 0.444 e. The van der Waals surface area contributed by atoms with Crippen molar-refractivity contribution in [3.8, 4) is 5.69 Å². The average Bonchev–Trinajstić information content (AvgIpc) is 3.13. The molecule has 1 aliphatic rings. The SMILES string of the molecule is CC(C)(C)OC(=O)N1CCC(C(=O)Nc2ccc(-n3ccccc3=O)cc2F)C1. The molecule has 0 bridgehead atoms. The Morgan fingerprint density at radius 2 is 1.97 bits per heavy atom. The van der Waals surface area contributed by atoms with Gasteiger partial charge in [0.1, 0.15) is 11.4 Å². The monoisotopic (exact) mass is 401 g/mol. The molecule has 0 radical (unpaired) electrons. The number of carbonyl (C=O) groups excluding carboxylic acids is 2. The fourth-order valence-electron chi connectivity index (χ4n) is 3.10. The second kappa shape index (κ2) is 8.06. The molecule has 0 saturated carbocycles. The molecule has 1 aliphatic heterocycles. The lowest BCUT2D eigenvalue weighted by Crippen LogP contribution is -2.36. The van der Waals surface area contributed by atoms with Gasteiger partial charge in [-0.3, -0.25) is 14.2 Å². The zero-order chi connectivity index (χ0) is 21.2. The topological polar surface area (TPSA) is 80.6 Å². The van der Waals surface area contributed by atoms with Gasteiger partial charge >= 0.3 is 6.09 Å². The number of ether oxygens (including phenoxy) is 1. The van der Waals surface area contributed by atoms with E-state index in [2.05, 4.69) is 5.32 Å². The highest BCUT2D eigenvalue weighted by atomic mass is 19.1. The van der Waals surface area contributed by atoms with E-state index in [1.165, 1.54) is 27.7 Å². The molecule has 7 nitrogen and oxygen atoms in total. The molecule has 1 saturated heterocycles. The number of benzene rings is 1. The number of anilines is 1. The van der Waals surface area contributed by atoms with Gasteiger partial charge in [0, 0.05) is 31.4 Å². The number of hydrogen-bond acceptors (Lipinski definition) is 4. The van der Waals surface area contributed by atoms with E-state index in [0.29, 0.717) is 18.7 Å². The van der Waals surface area contributed by atoms with Crippen molar-refractivity contribution in [1.29, 1.82) is 0 Å². The average molecular weight is 401 g/mol. The first-order chi connectivity index (χ1) is 13.6. The molecule has 154 valence electrons. The summed E-state index contributed by atoms with van der Waals surface area (Å²) in [6.07, 6.45) is 1.56. The van der Waals surface area contributed by atoms with E-state index in [1.54, 1.807) is 45.2 Å². The molecule has 1 N–H and O–H groups in total. The Labute approximate surface area is 168 Å². The lowest BCUT2D eigenvalue weighted by Gasteiger charge is -2.24. The Balaban J connectivity index is 1.65. The van der Waals surface area contributed by atoms with Crippen LogP contribution in [0.15, 0.2) is 47.4 Å². The minimum atomic E-state index is -0.645. The quantitative estimate of drug-likeness (QED) is 0.857. The van der Waals surface area contributed by atoms with E-state index in [4.69, 9.17) is 4.74 Å². The lowest BCUT2D eigenvalue weighted by atomic mass is 10.1. The molecule has 29 heavy (non-hydrogen) atoms. The van der Waals surface area contributed by atoms with Crippen LogP contribution in [0.5, 0.6) is 0 Å². The van der Waals surface area contributed by atoms with Crippen molar-refractivity contribution in [1.82, 2.24) is 9.47 Å². The first-order valence-electron chi connectivity index (χ1n) is 9.40. The van der Waals surface area contributed by atoms with Crippen molar-refractivity contribution in [2.24, 2.45) is 5.92 Å². The standard InChI is InChI=1S/C21H24FN3O4/c1-21(2,3)29-20(28)24-11-9-14(13-24)19(27)23-17-8-7-15(12-16(17)22)25-10-5-4-6-18(25)26/h4-8,10,12,14H,9,11,13H2,1-3H3,(H,23,27). The molecule has 3 rings (SSSR count). The number of carbonyl (C=O) groups is 2. The van der Waals surface area contributed by atoms with Gasteiger partial charge in [-0.25, -0.2) is 9.18 Å². The fraction of sp³-hybridized carbons (Fsp3) is 0.381. The molecule has 1 fully saturated rings. The summed E-state index contributed by atoms with van der Waals surface area (Å²) in [7, 11) is 0. The Hall–Kier alpha value is -3.16. The first-order valence-corrected chi connectivity index (χ1v) is 9.40. The van der Waals surface area contributed by atoms with E-state index in [9.17, 15) is 18.8 Å². The Morgan fingerprint density at radius 1 is 1.21 bits per heavy atom. The maximum absolute atomic E-state index is 14.5. The van der Waals surface area contributed by atoms with Crippen LogP contribution in [0.4, 0.5) is 14.9 Å². The zero-order valence-corrected chi connectivity index (χ0v) is 16.6. The van der Waals surface area contributed by atoms with Gasteiger partial charge in [-0.15, -0.1) is 0 Å². The molecule has 2 amide bonds. The van der Waals surface area contributed by atoms with Gasteiger partial charge in [-0.2, -0.15) is 0 Å². The summed E-state index contributed by atoms with van der Waals surface area (Å²) in [5, 5.41) is 2.57. The number of hydrogen-bond donors (Lipinski definition) is 1. The van der Waals surface area contributed by atoms with E-state index in [1.807, 2.05) is 0 Å². The minimum absolute atomic E-state index is 0.0263. The number of amides is 2. The fourth-order valence-corrected chi connectivity index (χ4v) is 3.10. The maximum Gasteiger partial charge on any atom is 0.410 e. The summed E-state index contributed by atoms with van der Waals surface area (Å²) in [6.45, 7) is 5.97. The highest BCUT2D eigenvalue weighted by molar-refractivity contribution is 5.93. The van der Waals surface area contributed by atoms with Crippen LogP contribution in [-0.4, -0.2) is 40.2 Å². The molecule has 0 aliphatic carbocycles. The zero-order valence-electron chi connectivity index (χ0n) is 16.6. The highest BCUT2D eigenvalue weighted by Gasteiger charge is 2.33. The van der Waals surface area contributed by atoms with Crippen LogP contribution in [0, 0.1) is 11.7 Å². The number of nitrogens with one attached hydrogen (secondary N) is 1. The van der Waals surface area contributed by atoms with Crippen molar-refractivity contribution in [2.75, 3.05) is 18.4 Å². The Bertz CT molecular complexity index is 980. The number of likely N-dealkylation sites (tertiary alicyclic amines) is 1. The van der Waals surface area contributed by atoms with E-state index in [-0.39, 0.29) is 23.7 Å². The first kappa shape index (κ1) is 20.6. The highest BCUT2D eigenvalue weighted by Crippen LogP contribution is 2.23. The Morgan fingerprint density at radius 3 is 2.62 bits per heavy atom. The van der Waals surface area contributed by atoms with Crippen LogP contribution in [0.3, 0.4) is 0 Å². The predicted octanol–water partition coefficient (Wildman–Crippen LogP) is 3.17. The number of halogens is 1. The number of pyridine rings is 1.